The van der Waals surface area contributed by atoms with Crippen LogP contribution in [0.3, 0.4) is 0 Å². The molecule has 0 unspecified atom stereocenters. The van der Waals surface area contributed by atoms with Gasteiger partial charge in [0.2, 0.25) is 0 Å². The number of nitrogens with zero attached hydrogens (tertiary/aromatic N) is 1. The topological polar surface area (TPSA) is 77.1 Å². The highest BCUT2D eigenvalue weighted by Gasteiger charge is 2.39. The third-order valence-corrected chi connectivity index (χ3v) is 4.91. The lowest BCUT2D eigenvalue weighted by Crippen LogP contribution is -2.35. The normalized spacial score (nSPS) is 13.8. The van der Waals surface area contributed by atoms with E-state index in [1.54, 1.807) is 43.5 Å². The number of rotatable bonds is 11. The molecule has 0 spiro atoms. The Morgan fingerprint density at radius 3 is 2.16 bits per heavy atom. The van der Waals surface area contributed by atoms with Crippen molar-refractivity contribution >= 4 is 23.1 Å². The molecule has 1 heterocycles. The van der Waals surface area contributed by atoms with Gasteiger partial charge in [-0.3, -0.25) is 14.5 Å². The van der Waals surface area contributed by atoms with E-state index in [9.17, 15) is 9.59 Å². The van der Waals surface area contributed by atoms with Crippen LogP contribution in [0, 0.1) is 0 Å². The molecule has 0 bridgehead atoms. The molecule has 170 valence electrons. The van der Waals surface area contributed by atoms with Crippen LogP contribution in [0.2, 0.25) is 0 Å². The van der Waals surface area contributed by atoms with Crippen LogP contribution in [-0.2, 0) is 14.3 Å². The molecule has 0 fully saturated rings. The smallest absolute Gasteiger partial charge is 0.278 e. The predicted molar refractivity (Wildman–Crippen MR) is 124 cm³/mol. The maximum atomic E-state index is 13.3. The first kappa shape index (κ1) is 23.3. The molecular weight excluding hydrogens is 408 g/mol. The van der Waals surface area contributed by atoms with Crippen LogP contribution < -0.4 is 14.8 Å². The van der Waals surface area contributed by atoms with Gasteiger partial charge in [0.05, 0.1) is 38.5 Å². The lowest BCUT2D eigenvalue weighted by molar-refractivity contribution is -0.137. The highest BCUT2D eigenvalue weighted by Crippen LogP contribution is 2.31. The SMILES string of the molecule is CCCOc1ccc(C2=C(Nc3ccc(OC)cc3)C(=O)N(CCOC(C)C)C2=O)cc1. The third-order valence-electron chi connectivity index (χ3n) is 4.91. The highest BCUT2D eigenvalue weighted by molar-refractivity contribution is 6.36. The average Bonchev–Trinajstić information content (AvgIpc) is 3.02. The van der Waals surface area contributed by atoms with E-state index in [0.29, 0.717) is 29.2 Å². The van der Waals surface area contributed by atoms with Gasteiger partial charge in [-0.2, -0.15) is 0 Å². The second kappa shape index (κ2) is 10.8. The van der Waals surface area contributed by atoms with Crippen LogP contribution >= 0.6 is 0 Å². The number of carbonyl (C=O) groups is 2. The summed E-state index contributed by atoms with van der Waals surface area (Å²) in [7, 11) is 1.59. The minimum atomic E-state index is -0.375. The summed E-state index contributed by atoms with van der Waals surface area (Å²) in [5.41, 5.74) is 1.91. The fourth-order valence-electron chi connectivity index (χ4n) is 3.30. The third kappa shape index (κ3) is 5.48. The van der Waals surface area contributed by atoms with Gasteiger partial charge in [-0.15, -0.1) is 0 Å². The second-order valence-electron chi connectivity index (χ2n) is 7.66. The number of nitrogens with one attached hydrogen (secondary N) is 1. The molecule has 0 aliphatic carbocycles. The van der Waals surface area contributed by atoms with E-state index in [1.165, 1.54) is 4.90 Å². The quantitative estimate of drug-likeness (QED) is 0.532. The minimum Gasteiger partial charge on any atom is -0.497 e. The van der Waals surface area contributed by atoms with Gasteiger partial charge < -0.3 is 19.5 Å². The molecule has 0 aromatic heterocycles. The Hall–Kier alpha value is -3.32. The maximum absolute atomic E-state index is 13.3. The monoisotopic (exact) mass is 438 g/mol. The zero-order chi connectivity index (χ0) is 23.1. The first-order valence-electron chi connectivity index (χ1n) is 10.8. The lowest BCUT2D eigenvalue weighted by atomic mass is 10.0. The van der Waals surface area contributed by atoms with E-state index in [4.69, 9.17) is 14.2 Å². The molecule has 32 heavy (non-hydrogen) atoms. The van der Waals surface area contributed by atoms with E-state index in [-0.39, 0.29) is 36.8 Å². The predicted octanol–water partition coefficient (Wildman–Crippen LogP) is 4.10. The standard InChI is InChI=1S/C25H30N2O5/c1-5-15-32-21-10-6-18(7-11-21)22-23(26-19-8-12-20(30-4)13-9-19)25(29)27(24(22)28)14-16-31-17(2)3/h6-13,17,26H,5,14-16H2,1-4H3. The highest BCUT2D eigenvalue weighted by atomic mass is 16.5. The van der Waals surface area contributed by atoms with Gasteiger partial charge in [-0.05, 0) is 62.2 Å². The molecule has 1 aliphatic rings. The molecule has 2 aromatic carbocycles. The van der Waals surface area contributed by atoms with Crippen molar-refractivity contribution in [3.63, 3.8) is 0 Å². The second-order valence-corrected chi connectivity index (χ2v) is 7.66. The summed E-state index contributed by atoms with van der Waals surface area (Å²) in [6.45, 7) is 6.95. The molecule has 0 radical (unpaired) electrons. The first-order valence-corrected chi connectivity index (χ1v) is 10.8. The molecular formula is C25H30N2O5. The number of methoxy groups -OCH3 is 1. The molecule has 2 aromatic rings. The van der Waals surface area contributed by atoms with E-state index < -0.39 is 0 Å². The molecule has 0 atom stereocenters. The number of hydrogen-bond acceptors (Lipinski definition) is 6. The van der Waals surface area contributed by atoms with E-state index in [0.717, 1.165) is 12.2 Å². The van der Waals surface area contributed by atoms with Gasteiger partial charge >= 0.3 is 0 Å². The van der Waals surface area contributed by atoms with Gasteiger partial charge in [-0.25, -0.2) is 0 Å². The lowest BCUT2D eigenvalue weighted by Gasteiger charge is -2.16. The number of benzene rings is 2. The van der Waals surface area contributed by atoms with Crippen molar-refractivity contribution in [1.29, 1.82) is 0 Å². The maximum Gasteiger partial charge on any atom is 0.278 e. The minimum absolute atomic E-state index is 0.0165. The van der Waals surface area contributed by atoms with Crippen molar-refractivity contribution in [2.45, 2.75) is 33.3 Å². The number of amides is 2. The summed E-state index contributed by atoms with van der Waals surface area (Å²) >= 11 is 0. The summed E-state index contributed by atoms with van der Waals surface area (Å²) in [5.74, 6) is 0.702. The van der Waals surface area contributed by atoms with Crippen LogP contribution in [0.1, 0.15) is 32.8 Å². The number of imide groups is 1. The molecule has 7 heteroatoms. The molecule has 2 amide bonds. The first-order chi connectivity index (χ1) is 15.4. The van der Waals surface area contributed by atoms with Crippen LogP contribution in [-0.4, -0.2) is 49.7 Å². The van der Waals surface area contributed by atoms with Gasteiger partial charge in [0, 0.05) is 5.69 Å². The van der Waals surface area contributed by atoms with Crippen molar-refractivity contribution in [3.8, 4) is 11.5 Å². The molecule has 3 rings (SSSR count). The number of hydrogen-bond donors (Lipinski definition) is 1. The summed E-state index contributed by atoms with van der Waals surface area (Å²) < 4.78 is 16.4. The summed E-state index contributed by atoms with van der Waals surface area (Å²) in [6, 6.07) is 14.4. The number of anilines is 1. The number of ether oxygens (including phenoxy) is 3. The van der Waals surface area contributed by atoms with Gasteiger partial charge in [0.1, 0.15) is 17.2 Å². The fourth-order valence-corrected chi connectivity index (χ4v) is 3.30. The van der Waals surface area contributed by atoms with Crippen molar-refractivity contribution in [2.75, 3.05) is 32.2 Å². The summed E-state index contributed by atoms with van der Waals surface area (Å²) in [5, 5.41) is 3.14. The molecule has 1 aliphatic heterocycles. The van der Waals surface area contributed by atoms with E-state index in [2.05, 4.69) is 5.32 Å². The Kier molecular flexibility index (Phi) is 7.89. The fraction of sp³-hybridized carbons (Fsp3) is 0.360. The van der Waals surface area contributed by atoms with Crippen LogP contribution in [0.25, 0.3) is 5.57 Å². The number of carbonyl (C=O) groups excluding carboxylic acids is 2. The van der Waals surface area contributed by atoms with Crippen molar-refractivity contribution in [2.24, 2.45) is 0 Å². The van der Waals surface area contributed by atoms with Crippen LogP contribution in [0.15, 0.2) is 54.2 Å². The molecule has 0 saturated carbocycles. The molecule has 0 saturated heterocycles. The molecule has 7 nitrogen and oxygen atoms in total. The van der Waals surface area contributed by atoms with Crippen molar-refractivity contribution < 1.29 is 23.8 Å². The van der Waals surface area contributed by atoms with Crippen molar-refractivity contribution in [1.82, 2.24) is 4.90 Å². The zero-order valence-corrected chi connectivity index (χ0v) is 19.0. The van der Waals surface area contributed by atoms with Gasteiger partial charge in [0.25, 0.3) is 11.8 Å². The Bertz CT molecular complexity index is 965. The Morgan fingerprint density at radius 1 is 0.906 bits per heavy atom. The van der Waals surface area contributed by atoms with Crippen molar-refractivity contribution in [3.05, 3.63) is 59.8 Å². The summed E-state index contributed by atoms with van der Waals surface area (Å²) in [6.07, 6.45) is 0.922. The van der Waals surface area contributed by atoms with Gasteiger partial charge in [0.15, 0.2) is 0 Å². The Balaban J connectivity index is 1.91. The van der Waals surface area contributed by atoms with Crippen LogP contribution in [0.5, 0.6) is 11.5 Å². The summed E-state index contributed by atoms with van der Waals surface area (Å²) in [4.78, 5) is 27.7. The zero-order valence-electron chi connectivity index (χ0n) is 19.0. The van der Waals surface area contributed by atoms with E-state index >= 15 is 0 Å². The molecule has 1 N–H and O–H groups in total. The average molecular weight is 439 g/mol. The Labute approximate surface area is 189 Å². The Morgan fingerprint density at radius 2 is 1.56 bits per heavy atom. The van der Waals surface area contributed by atoms with Gasteiger partial charge in [-0.1, -0.05) is 19.1 Å². The largest absolute Gasteiger partial charge is 0.497 e. The van der Waals surface area contributed by atoms with E-state index in [1.807, 2.05) is 32.9 Å². The van der Waals surface area contributed by atoms with Crippen LogP contribution in [0.4, 0.5) is 5.69 Å².